The second kappa shape index (κ2) is 17.9. The monoisotopic (exact) mass is 701 g/mol. The number of aromatic nitrogens is 1. The first-order chi connectivity index (χ1) is 25.4. The fraction of sp³-hybridized carbons (Fsp3) is 0.381. The minimum atomic E-state index is -0.546. The molecule has 0 spiro atoms. The van der Waals surface area contributed by atoms with E-state index in [1.54, 1.807) is 65.7 Å². The number of hydrogen-bond donors (Lipinski definition) is 3. The number of nitrogens with two attached hydrogens (primary N) is 1. The molecule has 10 heteroatoms. The van der Waals surface area contributed by atoms with Crippen LogP contribution in [0, 0.1) is 0 Å². The van der Waals surface area contributed by atoms with Crippen molar-refractivity contribution in [2.75, 3.05) is 69.6 Å². The Morgan fingerprint density at radius 2 is 1.50 bits per heavy atom. The standard InChI is InChI=1S/C32H39N7O3.C10H12/c1-37(18-19-38-16-12-34-13-17-38)32(42)25-7-5-6-24(20-25)31(41)36-28-9-8-26(39-14-3-2-4-15-39)22-27(28)29-21-23(30(33)40)10-11-35-29;1-2-6-10-8-4-3-7-9(10)5-1/h5-11,20-22,34H,2-4,12-19H2,1H3,(H2,33,40)(H,36,41);1-2,5-6H,3-4,7-8H2. The average Bonchev–Trinajstić information content (AvgIpc) is 3.21. The Balaban J connectivity index is 0.000000396. The molecule has 3 amide bonds. The van der Waals surface area contributed by atoms with Gasteiger partial charge in [0, 0.05) is 93.5 Å². The van der Waals surface area contributed by atoms with Gasteiger partial charge in [-0.05, 0) is 105 Å². The molecule has 10 nitrogen and oxygen atoms in total. The molecule has 4 aromatic rings. The van der Waals surface area contributed by atoms with E-state index in [-0.39, 0.29) is 11.8 Å². The van der Waals surface area contributed by atoms with Gasteiger partial charge in [-0.3, -0.25) is 24.3 Å². The van der Waals surface area contributed by atoms with Crippen molar-refractivity contribution in [1.29, 1.82) is 0 Å². The van der Waals surface area contributed by atoms with E-state index in [4.69, 9.17) is 5.73 Å². The second-order valence-electron chi connectivity index (χ2n) is 13.9. The summed E-state index contributed by atoms with van der Waals surface area (Å²) in [4.78, 5) is 49.4. The van der Waals surface area contributed by atoms with E-state index in [1.165, 1.54) is 32.1 Å². The van der Waals surface area contributed by atoms with Gasteiger partial charge in [0.15, 0.2) is 0 Å². The number of piperidine rings is 1. The lowest BCUT2D eigenvalue weighted by molar-refractivity contribution is 0.0774. The molecule has 0 unspecified atom stereocenters. The molecule has 3 heterocycles. The van der Waals surface area contributed by atoms with Gasteiger partial charge in [-0.25, -0.2) is 0 Å². The van der Waals surface area contributed by atoms with E-state index >= 15 is 0 Å². The molecule has 1 aliphatic carbocycles. The lowest BCUT2D eigenvalue weighted by Gasteiger charge is -2.29. The molecule has 1 aromatic heterocycles. The predicted molar refractivity (Wildman–Crippen MR) is 208 cm³/mol. The van der Waals surface area contributed by atoms with Gasteiger partial charge >= 0.3 is 0 Å². The third kappa shape index (κ3) is 9.63. The molecule has 2 fully saturated rings. The number of carbonyl (C=O) groups excluding carboxylic acids is 3. The van der Waals surface area contributed by atoms with Gasteiger partial charge in [0.2, 0.25) is 5.91 Å². The molecule has 7 rings (SSSR count). The van der Waals surface area contributed by atoms with E-state index < -0.39 is 5.91 Å². The van der Waals surface area contributed by atoms with Gasteiger partial charge in [0.1, 0.15) is 0 Å². The number of nitrogens with one attached hydrogen (secondary N) is 2. The Kier molecular flexibility index (Phi) is 12.7. The number of carbonyl (C=O) groups is 3. The Hall–Kier alpha value is -5.06. The SMILES string of the molecule is CN(CCN1CCNCC1)C(=O)c1cccc(C(=O)Nc2ccc(N3CCCCC3)cc2-c2cc(C(N)=O)ccn2)c1.c1ccc2c(c1)CCCC2. The first-order valence-electron chi connectivity index (χ1n) is 18.7. The third-order valence-corrected chi connectivity index (χ3v) is 10.2. The van der Waals surface area contributed by atoms with Crippen molar-refractivity contribution in [1.82, 2.24) is 20.1 Å². The number of hydrogen-bond acceptors (Lipinski definition) is 7. The minimum absolute atomic E-state index is 0.126. The van der Waals surface area contributed by atoms with Crippen molar-refractivity contribution in [3.05, 3.63) is 113 Å². The first-order valence-corrected chi connectivity index (χ1v) is 18.7. The number of aryl methyl sites for hydroxylation is 2. The van der Waals surface area contributed by atoms with Crippen LogP contribution in [-0.2, 0) is 12.8 Å². The molecule has 2 saturated heterocycles. The molecule has 52 heavy (non-hydrogen) atoms. The summed E-state index contributed by atoms with van der Waals surface area (Å²) in [6.07, 6.45) is 10.4. The summed E-state index contributed by atoms with van der Waals surface area (Å²) in [7, 11) is 1.79. The summed E-state index contributed by atoms with van der Waals surface area (Å²) in [5.74, 6) is -1.01. The van der Waals surface area contributed by atoms with Gasteiger partial charge in [-0.15, -0.1) is 0 Å². The Morgan fingerprint density at radius 3 is 2.21 bits per heavy atom. The van der Waals surface area contributed by atoms with Crippen LogP contribution in [0.5, 0.6) is 0 Å². The third-order valence-electron chi connectivity index (χ3n) is 10.2. The van der Waals surface area contributed by atoms with Gasteiger partial charge in [-0.2, -0.15) is 0 Å². The van der Waals surface area contributed by atoms with Gasteiger partial charge in [0.25, 0.3) is 11.8 Å². The summed E-state index contributed by atoms with van der Waals surface area (Å²) in [5.41, 5.74) is 12.7. The molecule has 0 saturated carbocycles. The number of primary amides is 1. The highest BCUT2D eigenvalue weighted by Crippen LogP contribution is 2.33. The fourth-order valence-corrected chi connectivity index (χ4v) is 7.15. The number of pyridine rings is 1. The van der Waals surface area contributed by atoms with Crippen LogP contribution < -0.4 is 21.3 Å². The quantitative estimate of drug-likeness (QED) is 0.207. The lowest BCUT2D eigenvalue weighted by Crippen LogP contribution is -2.46. The maximum atomic E-state index is 13.5. The number of nitrogens with zero attached hydrogens (tertiary/aromatic N) is 4. The summed E-state index contributed by atoms with van der Waals surface area (Å²) in [6.45, 7) is 7.22. The minimum Gasteiger partial charge on any atom is -0.372 e. The molecule has 0 radical (unpaired) electrons. The number of likely N-dealkylation sites (N-methyl/N-ethyl adjacent to an activating group) is 1. The number of amides is 3. The van der Waals surface area contributed by atoms with Crippen molar-refractivity contribution in [2.24, 2.45) is 5.73 Å². The molecule has 0 bridgehead atoms. The summed E-state index contributed by atoms with van der Waals surface area (Å²) in [5, 5.41) is 6.35. The Bertz CT molecular complexity index is 1820. The van der Waals surface area contributed by atoms with Crippen molar-refractivity contribution < 1.29 is 14.4 Å². The molecule has 3 aromatic carbocycles. The van der Waals surface area contributed by atoms with E-state index in [2.05, 4.69) is 49.7 Å². The zero-order valence-electron chi connectivity index (χ0n) is 30.3. The van der Waals surface area contributed by atoms with Crippen molar-refractivity contribution >= 4 is 29.1 Å². The number of fused-ring (bicyclic) bond motifs is 1. The van der Waals surface area contributed by atoms with Crippen LogP contribution in [0.2, 0.25) is 0 Å². The van der Waals surface area contributed by atoms with Crippen LogP contribution in [0.25, 0.3) is 11.3 Å². The van der Waals surface area contributed by atoms with Gasteiger partial charge < -0.3 is 26.2 Å². The molecular weight excluding hydrogens is 651 g/mol. The number of benzene rings is 3. The van der Waals surface area contributed by atoms with Crippen LogP contribution in [0.3, 0.4) is 0 Å². The highest BCUT2D eigenvalue weighted by molar-refractivity contribution is 6.08. The number of anilines is 2. The lowest BCUT2D eigenvalue weighted by atomic mass is 9.92. The summed E-state index contributed by atoms with van der Waals surface area (Å²) in [6, 6.07) is 24.7. The van der Waals surface area contributed by atoms with Crippen LogP contribution in [-0.4, -0.2) is 91.9 Å². The topological polar surface area (TPSA) is 124 Å². The zero-order valence-corrected chi connectivity index (χ0v) is 30.3. The molecule has 272 valence electrons. The summed E-state index contributed by atoms with van der Waals surface area (Å²) >= 11 is 0. The zero-order chi connectivity index (χ0) is 36.3. The molecule has 4 N–H and O–H groups in total. The highest BCUT2D eigenvalue weighted by Gasteiger charge is 2.20. The van der Waals surface area contributed by atoms with Crippen LogP contribution in [0.1, 0.15) is 74.3 Å². The van der Waals surface area contributed by atoms with Crippen LogP contribution >= 0.6 is 0 Å². The van der Waals surface area contributed by atoms with Crippen molar-refractivity contribution in [3.63, 3.8) is 0 Å². The van der Waals surface area contributed by atoms with E-state index in [1.807, 2.05) is 18.2 Å². The Morgan fingerprint density at radius 1 is 0.788 bits per heavy atom. The highest BCUT2D eigenvalue weighted by atomic mass is 16.2. The van der Waals surface area contributed by atoms with E-state index in [9.17, 15) is 14.4 Å². The van der Waals surface area contributed by atoms with E-state index in [0.717, 1.165) is 64.3 Å². The molecule has 2 aliphatic heterocycles. The van der Waals surface area contributed by atoms with E-state index in [0.29, 0.717) is 40.2 Å². The molecular formula is C42H51N7O3. The van der Waals surface area contributed by atoms with Gasteiger partial charge in [-0.1, -0.05) is 30.3 Å². The fourth-order valence-electron chi connectivity index (χ4n) is 7.15. The maximum Gasteiger partial charge on any atom is 0.255 e. The van der Waals surface area contributed by atoms with Crippen molar-refractivity contribution in [3.8, 4) is 11.3 Å². The average molecular weight is 702 g/mol. The van der Waals surface area contributed by atoms with Crippen LogP contribution in [0.15, 0.2) is 85.1 Å². The number of piperazine rings is 1. The smallest absolute Gasteiger partial charge is 0.255 e. The van der Waals surface area contributed by atoms with Gasteiger partial charge in [0.05, 0.1) is 11.4 Å². The molecule has 3 aliphatic rings. The summed E-state index contributed by atoms with van der Waals surface area (Å²) < 4.78 is 0. The van der Waals surface area contributed by atoms with Crippen LogP contribution in [0.4, 0.5) is 11.4 Å². The first kappa shape index (κ1) is 36.7. The Labute approximate surface area is 307 Å². The predicted octanol–water partition coefficient (Wildman–Crippen LogP) is 5.63. The maximum absolute atomic E-state index is 13.5. The largest absolute Gasteiger partial charge is 0.372 e. The molecule has 0 atom stereocenters. The normalized spacial score (nSPS) is 15.8. The van der Waals surface area contributed by atoms with Crippen molar-refractivity contribution in [2.45, 2.75) is 44.9 Å². The number of rotatable bonds is 9. The second-order valence-corrected chi connectivity index (χ2v) is 13.9.